The molecule has 0 unspecified atom stereocenters. The second kappa shape index (κ2) is 5.89. The number of nitrogens with zero attached hydrogens (tertiary/aromatic N) is 1. The van der Waals surface area contributed by atoms with Gasteiger partial charge in [0.2, 0.25) is 10.0 Å². The number of nitro benzene ring substituents is 1. The fourth-order valence-corrected chi connectivity index (χ4v) is 2.71. The second-order valence-corrected chi connectivity index (χ2v) is 5.48. The Morgan fingerprint density at radius 2 is 2.11 bits per heavy atom. The van der Waals surface area contributed by atoms with Gasteiger partial charge in [0.25, 0.3) is 5.69 Å². The molecule has 0 heterocycles. The lowest BCUT2D eigenvalue weighted by atomic mass is 10.2. The van der Waals surface area contributed by atoms with Crippen molar-refractivity contribution in [1.29, 1.82) is 0 Å². The molecule has 0 aliphatic heterocycles. The molecular weight excluding hydrogens is 258 g/mol. The van der Waals surface area contributed by atoms with E-state index in [0.29, 0.717) is 18.5 Å². The summed E-state index contributed by atoms with van der Waals surface area (Å²) in [6.45, 7) is 2.17. The van der Waals surface area contributed by atoms with Gasteiger partial charge >= 0.3 is 0 Å². The number of non-ortho nitro benzene ring substituents is 1. The monoisotopic (exact) mass is 273 g/mol. The van der Waals surface area contributed by atoms with Crippen LogP contribution in [0, 0.1) is 17.0 Å². The molecule has 0 aromatic heterocycles. The van der Waals surface area contributed by atoms with Gasteiger partial charge in [-0.1, -0.05) is 6.07 Å². The van der Waals surface area contributed by atoms with Crippen molar-refractivity contribution in [3.8, 4) is 0 Å². The lowest BCUT2D eigenvalue weighted by Crippen LogP contribution is -2.26. The van der Waals surface area contributed by atoms with E-state index in [4.69, 9.17) is 5.73 Å². The Balaban J connectivity index is 3.07. The summed E-state index contributed by atoms with van der Waals surface area (Å²) in [6, 6.07) is 3.74. The molecule has 3 N–H and O–H groups in total. The number of rotatable bonds is 6. The van der Waals surface area contributed by atoms with Crippen LogP contribution in [0.5, 0.6) is 0 Å². The van der Waals surface area contributed by atoms with Crippen LogP contribution >= 0.6 is 0 Å². The third-order valence-corrected chi connectivity index (χ3v) is 3.95. The van der Waals surface area contributed by atoms with E-state index in [0.717, 1.165) is 6.07 Å². The number of nitrogens with one attached hydrogen (secondary N) is 1. The normalized spacial score (nSPS) is 11.4. The predicted octanol–water partition coefficient (Wildman–Crippen LogP) is 0.530. The average Bonchev–Trinajstić information content (AvgIpc) is 2.29. The van der Waals surface area contributed by atoms with Crippen molar-refractivity contribution in [2.24, 2.45) is 5.73 Å². The van der Waals surface area contributed by atoms with Crippen LogP contribution in [-0.4, -0.2) is 26.4 Å². The van der Waals surface area contributed by atoms with Gasteiger partial charge in [-0.15, -0.1) is 0 Å². The SMILES string of the molecule is Cc1ccc([N+](=O)[O-])cc1S(=O)(=O)NCCCN. The maximum atomic E-state index is 11.9. The first-order chi connectivity index (χ1) is 8.38. The summed E-state index contributed by atoms with van der Waals surface area (Å²) in [5.41, 5.74) is 5.48. The molecule has 0 atom stereocenters. The van der Waals surface area contributed by atoms with Gasteiger partial charge in [0.05, 0.1) is 9.82 Å². The standard InChI is InChI=1S/C10H15N3O4S/c1-8-3-4-9(13(14)15)7-10(8)18(16,17)12-6-2-5-11/h3-4,7,12H,2,5-6,11H2,1H3. The maximum absolute atomic E-state index is 11.9. The molecule has 18 heavy (non-hydrogen) atoms. The lowest BCUT2D eigenvalue weighted by molar-refractivity contribution is -0.385. The van der Waals surface area contributed by atoms with E-state index < -0.39 is 14.9 Å². The smallest absolute Gasteiger partial charge is 0.270 e. The summed E-state index contributed by atoms with van der Waals surface area (Å²) in [5.74, 6) is 0. The van der Waals surface area contributed by atoms with Gasteiger partial charge in [-0.05, 0) is 25.5 Å². The van der Waals surface area contributed by atoms with Gasteiger partial charge in [0, 0.05) is 18.7 Å². The highest BCUT2D eigenvalue weighted by Gasteiger charge is 2.19. The van der Waals surface area contributed by atoms with E-state index in [1.807, 2.05) is 0 Å². The molecular formula is C10H15N3O4S. The minimum absolute atomic E-state index is 0.0753. The highest BCUT2D eigenvalue weighted by atomic mass is 32.2. The van der Waals surface area contributed by atoms with Gasteiger partial charge in [-0.25, -0.2) is 13.1 Å². The molecule has 1 aromatic carbocycles. The van der Waals surface area contributed by atoms with Gasteiger partial charge in [-0.2, -0.15) is 0 Å². The van der Waals surface area contributed by atoms with E-state index in [1.54, 1.807) is 6.92 Å². The molecule has 1 rings (SSSR count). The first kappa shape index (κ1) is 14.6. The first-order valence-electron chi connectivity index (χ1n) is 5.33. The fourth-order valence-electron chi connectivity index (χ4n) is 1.38. The summed E-state index contributed by atoms with van der Waals surface area (Å²) < 4.78 is 26.2. The van der Waals surface area contributed by atoms with Crippen LogP contribution in [0.4, 0.5) is 5.69 Å². The highest BCUT2D eigenvalue weighted by molar-refractivity contribution is 7.89. The Hall–Kier alpha value is -1.51. The summed E-state index contributed by atoms with van der Waals surface area (Å²) in [7, 11) is -3.73. The van der Waals surface area contributed by atoms with Gasteiger partial charge < -0.3 is 5.73 Å². The Morgan fingerprint density at radius 1 is 1.44 bits per heavy atom. The molecule has 0 spiro atoms. The Bertz CT molecular complexity index is 542. The van der Waals surface area contributed by atoms with E-state index in [-0.39, 0.29) is 17.1 Å². The van der Waals surface area contributed by atoms with E-state index in [1.165, 1.54) is 12.1 Å². The predicted molar refractivity (Wildman–Crippen MR) is 66.7 cm³/mol. The van der Waals surface area contributed by atoms with Crippen LogP contribution in [0.25, 0.3) is 0 Å². The van der Waals surface area contributed by atoms with Gasteiger partial charge in [-0.3, -0.25) is 10.1 Å². The van der Waals surface area contributed by atoms with Crippen LogP contribution in [0.1, 0.15) is 12.0 Å². The molecule has 0 saturated carbocycles. The Kier molecular flexibility index (Phi) is 4.76. The number of benzene rings is 1. The summed E-state index contributed by atoms with van der Waals surface area (Å²) in [5, 5.41) is 10.6. The number of nitrogens with two attached hydrogens (primary N) is 1. The number of hydrogen-bond donors (Lipinski definition) is 2. The third-order valence-electron chi connectivity index (χ3n) is 2.35. The minimum Gasteiger partial charge on any atom is -0.330 e. The quantitative estimate of drug-likeness (QED) is 0.445. The van der Waals surface area contributed by atoms with E-state index in [9.17, 15) is 18.5 Å². The Morgan fingerprint density at radius 3 is 2.67 bits per heavy atom. The van der Waals surface area contributed by atoms with Crippen LogP contribution in [0.15, 0.2) is 23.1 Å². The summed E-state index contributed by atoms with van der Waals surface area (Å²) in [4.78, 5) is 9.92. The van der Waals surface area contributed by atoms with E-state index >= 15 is 0 Å². The largest absolute Gasteiger partial charge is 0.330 e. The van der Waals surface area contributed by atoms with Crippen molar-refractivity contribution in [2.75, 3.05) is 13.1 Å². The van der Waals surface area contributed by atoms with Crippen LogP contribution in [-0.2, 0) is 10.0 Å². The van der Waals surface area contributed by atoms with Crippen LogP contribution < -0.4 is 10.5 Å². The van der Waals surface area contributed by atoms with Crippen LogP contribution in [0.2, 0.25) is 0 Å². The number of hydrogen-bond acceptors (Lipinski definition) is 5. The molecule has 0 amide bonds. The van der Waals surface area contributed by atoms with Crippen molar-refractivity contribution in [2.45, 2.75) is 18.2 Å². The van der Waals surface area contributed by atoms with Gasteiger partial charge in [0.1, 0.15) is 0 Å². The van der Waals surface area contributed by atoms with Crippen molar-refractivity contribution >= 4 is 15.7 Å². The molecule has 0 bridgehead atoms. The lowest BCUT2D eigenvalue weighted by Gasteiger charge is -2.08. The van der Waals surface area contributed by atoms with Crippen molar-refractivity contribution in [1.82, 2.24) is 4.72 Å². The molecule has 0 aliphatic carbocycles. The van der Waals surface area contributed by atoms with Gasteiger partial charge in [0.15, 0.2) is 0 Å². The van der Waals surface area contributed by atoms with Crippen molar-refractivity contribution < 1.29 is 13.3 Å². The zero-order valence-electron chi connectivity index (χ0n) is 9.92. The molecule has 0 saturated heterocycles. The number of aryl methyl sites for hydroxylation is 1. The molecule has 8 heteroatoms. The topological polar surface area (TPSA) is 115 Å². The van der Waals surface area contributed by atoms with Crippen molar-refractivity contribution in [3.63, 3.8) is 0 Å². The molecule has 1 aromatic rings. The Labute approximate surface area is 105 Å². The third kappa shape index (κ3) is 3.49. The summed E-state index contributed by atoms with van der Waals surface area (Å²) in [6.07, 6.45) is 0.507. The molecule has 0 aliphatic rings. The summed E-state index contributed by atoms with van der Waals surface area (Å²) >= 11 is 0. The molecule has 0 radical (unpaired) electrons. The number of nitro groups is 1. The first-order valence-corrected chi connectivity index (χ1v) is 6.81. The second-order valence-electron chi connectivity index (χ2n) is 3.75. The molecule has 7 nitrogen and oxygen atoms in total. The molecule has 0 fully saturated rings. The molecule has 100 valence electrons. The zero-order valence-corrected chi connectivity index (χ0v) is 10.7. The zero-order chi connectivity index (χ0) is 13.8. The highest BCUT2D eigenvalue weighted by Crippen LogP contribution is 2.21. The van der Waals surface area contributed by atoms with Crippen LogP contribution in [0.3, 0.4) is 0 Å². The number of sulfonamides is 1. The van der Waals surface area contributed by atoms with Crippen molar-refractivity contribution in [3.05, 3.63) is 33.9 Å². The van der Waals surface area contributed by atoms with E-state index in [2.05, 4.69) is 4.72 Å². The maximum Gasteiger partial charge on any atom is 0.270 e. The minimum atomic E-state index is -3.73. The fraction of sp³-hybridized carbons (Fsp3) is 0.400. The average molecular weight is 273 g/mol.